The summed E-state index contributed by atoms with van der Waals surface area (Å²) in [6.07, 6.45) is 3.47. The van der Waals surface area contributed by atoms with E-state index in [1.165, 1.54) is 0 Å². The number of nitrogens with one attached hydrogen (secondary N) is 2. The van der Waals surface area contributed by atoms with Crippen molar-refractivity contribution in [2.75, 3.05) is 32.9 Å². The van der Waals surface area contributed by atoms with Crippen LogP contribution >= 0.6 is 0 Å². The highest BCUT2D eigenvalue weighted by molar-refractivity contribution is 5.93. The predicted octanol–water partition coefficient (Wildman–Crippen LogP) is 0.339. The summed E-state index contributed by atoms with van der Waals surface area (Å²) in [5.41, 5.74) is 3.11. The molecule has 1 aromatic carbocycles. The summed E-state index contributed by atoms with van der Waals surface area (Å²) >= 11 is 0. The fourth-order valence-electron chi connectivity index (χ4n) is 3.78. The number of aliphatic hydroxyl groups is 1. The summed E-state index contributed by atoms with van der Waals surface area (Å²) in [6.45, 7) is 1.84. The molecule has 0 spiro atoms. The molecule has 3 rings (SSSR count). The van der Waals surface area contributed by atoms with E-state index >= 15 is 0 Å². The van der Waals surface area contributed by atoms with Crippen LogP contribution in [0.2, 0.25) is 0 Å². The van der Waals surface area contributed by atoms with Crippen LogP contribution in [-0.2, 0) is 19.7 Å². The third-order valence-corrected chi connectivity index (χ3v) is 5.30. The van der Waals surface area contributed by atoms with Crippen molar-refractivity contribution in [3.63, 3.8) is 0 Å². The zero-order chi connectivity index (χ0) is 18.4. The van der Waals surface area contributed by atoms with E-state index in [1.54, 1.807) is 5.01 Å². The maximum absolute atomic E-state index is 13.1. The molecule has 7 nitrogen and oxygen atoms in total. The third kappa shape index (κ3) is 4.06. The molecule has 142 valence electrons. The van der Waals surface area contributed by atoms with E-state index in [4.69, 9.17) is 4.74 Å². The molecule has 2 fully saturated rings. The third-order valence-electron chi connectivity index (χ3n) is 5.30. The summed E-state index contributed by atoms with van der Waals surface area (Å²) in [5.74, 6) is -0.582. The Hall–Kier alpha value is -1.96. The van der Waals surface area contributed by atoms with Crippen molar-refractivity contribution < 1.29 is 19.4 Å². The van der Waals surface area contributed by atoms with Crippen molar-refractivity contribution >= 4 is 11.8 Å². The second kappa shape index (κ2) is 8.62. The summed E-state index contributed by atoms with van der Waals surface area (Å²) in [6, 6.07) is 8.75. The minimum atomic E-state index is -0.966. The Morgan fingerprint density at radius 3 is 2.42 bits per heavy atom. The Balaban J connectivity index is 1.68. The molecule has 0 bridgehead atoms. The van der Waals surface area contributed by atoms with E-state index in [0.29, 0.717) is 26.3 Å². The molecule has 2 aliphatic rings. The van der Waals surface area contributed by atoms with Crippen molar-refractivity contribution in [1.29, 1.82) is 0 Å². The summed E-state index contributed by atoms with van der Waals surface area (Å²) in [4.78, 5) is 25.6. The smallest absolute Gasteiger partial charge is 0.259 e. The SMILES string of the molecule is O=C(NN1CCOCC1)C(CO)NC(=O)C1(c2ccccc2)CCCC1. The van der Waals surface area contributed by atoms with Crippen LogP contribution in [0, 0.1) is 0 Å². The number of aliphatic hydroxyl groups excluding tert-OH is 1. The maximum atomic E-state index is 13.1. The molecule has 1 aliphatic heterocycles. The van der Waals surface area contributed by atoms with Gasteiger partial charge >= 0.3 is 0 Å². The van der Waals surface area contributed by atoms with Gasteiger partial charge in [-0.15, -0.1) is 0 Å². The van der Waals surface area contributed by atoms with Crippen LogP contribution in [0.4, 0.5) is 0 Å². The number of carbonyl (C=O) groups excluding carboxylic acids is 2. The van der Waals surface area contributed by atoms with Gasteiger partial charge < -0.3 is 15.2 Å². The second-order valence-electron chi connectivity index (χ2n) is 6.94. The van der Waals surface area contributed by atoms with E-state index < -0.39 is 24.0 Å². The highest BCUT2D eigenvalue weighted by Gasteiger charge is 2.43. The van der Waals surface area contributed by atoms with Crippen molar-refractivity contribution in [3.05, 3.63) is 35.9 Å². The van der Waals surface area contributed by atoms with Crippen molar-refractivity contribution in [2.45, 2.75) is 37.1 Å². The van der Waals surface area contributed by atoms with Crippen LogP contribution < -0.4 is 10.7 Å². The molecule has 1 unspecified atom stereocenters. The number of hydrazine groups is 1. The van der Waals surface area contributed by atoms with Gasteiger partial charge in [0.1, 0.15) is 6.04 Å². The first kappa shape index (κ1) is 18.8. The lowest BCUT2D eigenvalue weighted by atomic mass is 9.78. The normalized spacial score (nSPS) is 21.1. The van der Waals surface area contributed by atoms with Gasteiger partial charge in [0.05, 0.1) is 25.2 Å². The second-order valence-corrected chi connectivity index (χ2v) is 6.94. The van der Waals surface area contributed by atoms with E-state index in [0.717, 1.165) is 31.2 Å². The first-order chi connectivity index (χ1) is 12.7. The van der Waals surface area contributed by atoms with E-state index in [1.807, 2.05) is 30.3 Å². The van der Waals surface area contributed by atoms with Crippen LogP contribution in [0.15, 0.2) is 30.3 Å². The van der Waals surface area contributed by atoms with Crippen LogP contribution in [-0.4, -0.2) is 60.9 Å². The van der Waals surface area contributed by atoms with Crippen LogP contribution in [0.25, 0.3) is 0 Å². The molecule has 1 saturated heterocycles. The number of amides is 2. The lowest BCUT2D eigenvalue weighted by molar-refractivity contribution is -0.136. The standard InChI is InChI=1S/C19H27N3O4/c23-14-16(17(24)21-22-10-12-26-13-11-22)20-18(25)19(8-4-5-9-19)15-6-2-1-3-7-15/h1-3,6-7,16,23H,4-5,8-14H2,(H,20,25)(H,21,24). The number of hydrogen-bond acceptors (Lipinski definition) is 5. The molecule has 26 heavy (non-hydrogen) atoms. The topological polar surface area (TPSA) is 90.9 Å². The summed E-state index contributed by atoms with van der Waals surface area (Å²) in [5, 5.41) is 14.2. The molecule has 1 aliphatic carbocycles. The number of morpholine rings is 1. The lowest BCUT2D eigenvalue weighted by Crippen LogP contribution is -2.58. The molecule has 2 amide bonds. The molecular weight excluding hydrogens is 334 g/mol. The Labute approximate surface area is 153 Å². The van der Waals surface area contributed by atoms with Gasteiger partial charge in [0.25, 0.3) is 5.91 Å². The molecule has 7 heteroatoms. The van der Waals surface area contributed by atoms with Gasteiger partial charge in [0.15, 0.2) is 0 Å². The Bertz CT molecular complexity index is 610. The molecule has 0 radical (unpaired) electrons. The maximum Gasteiger partial charge on any atom is 0.259 e. The number of carbonyl (C=O) groups is 2. The largest absolute Gasteiger partial charge is 0.394 e. The Morgan fingerprint density at radius 2 is 1.81 bits per heavy atom. The van der Waals surface area contributed by atoms with Crippen LogP contribution in [0.3, 0.4) is 0 Å². The fourth-order valence-corrected chi connectivity index (χ4v) is 3.78. The molecule has 0 aromatic heterocycles. The lowest BCUT2D eigenvalue weighted by Gasteiger charge is -2.32. The average molecular weight is 361 g/mol. The van der Waals surface area contributed by atoms with Gasteiger partial charge in [-0.3, -0.25) is 15.0 Å². The van der Waals surface area contributed by atoms with Gasteiger partial charge in [-0.2, -0.15) is 0 Å². The minimum absolute atomic E-state index is 0.183. The quantitative estimate of drug-likeness (QED) is 0.680. The van der Waals surface area contributed by atoms with Gasteiger partial charge in [-0.1, -0.05) is 43.2 Å². The zero-order valence-corrected chi connectivity index (χ0v) is 14.9. The predicted molar refractivity (Wildman–Crippen MR) is 96.1 cm³/mol. The highest BCUT2D eigenvalue weighted by atomic mass is 16.5. The number of rotatable bonds is 6. The fraction of sp³-hybridized carbons (Fsp3) is 0.579. The van der Waals surface area contributed by atoms with E-state index in [9.17, 15) is 14.7 Å². The molecule has 1 aromatic rings. The van der Waals surface area contributed by atoms with Crippen molar-refractivity contribution in [1.82, 2.24) is 15.8 Å². The van der Waals surface area contributed by atoms with Crippen LogP contribution in [0.5, 0.6) is 0 Å². The van der Waals surface area contributed by atoms with E-state index in [2.05, 4.69) is 10.7 Å². The van der Waals surface area contributed by atoms with Gasteiger partial charge in [-0.05, 0) is 18.4 Å². The van der Waals surface area contributed by atoms with Crippen LogP contribution in [0.1, 0.15) is 31.2 Å². The first-order valence-corrected chi connectivity index (χ1v) is 9.26. The van der Waals surface area contributed by atoms with Gasteiger partial charge in [0, 0.05) is 13.1 Å². The molecular formula is C19H27N3O4. The van der Waals surface area contributed by atoms with Gasteiger partial charge in [-0.25, -0.2) is 5.01 Å². The molecule has 1 heterocycles. The Morgan fingerprint density at radius 1 is 1.15 bits per heavy atom. The highest BCUT2D eigenvalue weighted by Crippen LogP contribution is 2.41. The molecule has 1 atom stereocenters. The van der Waals surface area contributed by atoms with E-state index in [-0.39, 0.29) is 5.91 Å². The molecule has 3 N–H and O–H groups in total. The molecule has 1 saturated carbocycles. The van der Waals surface area contributed by atoms with Gasteiger partial charge in [0.2, 0.25) is 5.91 Å². The number of ether oxygens (including phenoxy) is 1. The summed E-state index contributed by atoms with van der Waals surface area (Å²) in [7, 11) is 0. The summed E-state index contributed by atoms with van der Waals surface area (Å²) < 4.78 is 5.25. The first-order valence-electron chi connectivity index (χ1n) is 9.26. The monoisotopic (exact) mass is 361 g/mol. The Kier molecular flexibility index (Phi) is 6.24. The number of nitrogens with zero attached hydrogens (tertiary/aromatic N) is 1. The minimum Gasteiger partial charge on any atom is -0.394 e. The van der Waals surface area contributed by atoms with Crippen molar-refractivity contribution in [2.24, 2.45) is 0 Å². The number of benzene rings is 1. The zero-order valence-electron chi connectivity index (χ0n) is 14.9. The van der Waals surface area contributed by atoms with Crippen molar-refractivity contribution in [3.8, 4) is 0 Å². The average Bonchev–Trinajstić information content (AvgIpc) is 3.18. The number of hydrogen-bond donors (Lipinski definition) is 3.